The van der Waals surface area contributed by atoms with E-state index in [1.54, 1.807) is 0 Å². The maximum absolute atomic E-state index is 12.7. The van der Waals surface area contributed by atoms with Crippen molar-refractivity contribution < 1.29 is 14.6 Å². The Morgan fingerprint density at radius 1 is 1.42 bits per heavy atom. The van der Waals surface area contributed by atoms with Crippen molar-refractivity contribution in [3.8, 4) is 0 Å². The van der Waals surface area contributed by atoms with Gasteiger partial charge in [0.1, 0.15) is 5.60 Å². The molecule has 1 aromatic rings. The summed E-state index contributed by atoms with van der Waals surface area (Å²) in [6.07, 6.45) is 0.591. The molecule has 1 N–H and O–H groups in total. The smallest absolute Gasteiger partial charge is 0.410 e. The molecule has 0 bridgehead atoms. The number of halogens is 1. The number of hydrogen-bond acceptors (Lipinski definition) is 4. The summed E-state index contributed by atoms with van der Waals surface area (Å²) in [4.78, 5) is 16.7. The maximum atomic E-state index is 12.7. The standard InChI is InChI=1S/C18H25BrN2O3/c1-18(2,3)24-17(23)21-8-7-12-15(10-22)20(4)14-6-5-11(19)9-13(14)16(12)21/h5-6,9,12,15-16,22H,7-8,10H2,1-4H3/t12-,15+,16-/m1/s1. The quantitative estimate of drug-likeness (QED) is 0.788. The number of hydrogen-bond donors (Lipinski definition) is 1. The predicted octanol–water partition coefficient (Wildman–Crippen LogP) is 3.56. The fraction of sp³-hybridized carbons (Fsp3) is 0.611. The fourth-order valence-corrected chi connectivity index (χ4v) is 4.33. The van der Waals surface area contributed by atoms with Crippen LogP contribution in [0.5, 0.6) is 0 Å². The molecular formula is C18H25BrN2O3. The third-order valence-corrected chi connectivity index (χ3v) is 5.43. The van der Waals surface area contributed by atoms with Crippen molar-refractivity contribution >= 4 is 27.7 Å². The minimum absolute atomic E-state index is 0.0103. The number of fused-ring (bicyclic) bond motifs is 3. The number of amides is 1. The van der Waals surface area contributed by atoms with E-state index in [2.05, 4.69) is 26.9 Å². The van der Waals surface area contributed by atoms with E-state index < -0.39 is 5.60 Å². The minimum atomic E-state index is -0.517. The van der Waals surface area contributed by atoms with Crippen LogP contribution in [0.15, 0.2) is 22.7 Å². The summed E-state index contributed by atoms with van der Waals surface area (Å²) in [6, 6.07) is 6.08. The number of carbonyl (C=O) groups is 1. The van der Waals surface area contributed by atoms with E-state index in [0.717, 1.165) is 22.1 Å². The molecule has 1 fully saturated rings. The van der Waals surface area contributed by atoms with Crippen molar-refractivity contribution in [2.24, 2.45) is 5.92 Å². The van der Waals surface area contributed by atoms with Crippen molar-refractivity contribution in [1.29, 1.82) is 0 Å². The van der Waals surface area contributed by atoms with Crippen LogP contribution in [-0.4, -0.2) is 47.9 Å². The van der Waals surface area contributed by atoms with Gasteiger partial charge in [-0.2, -0.15) is 0 Å². The van der Waals surface area contributed by atoms with E-state index in [9.17, 15) is 9.90 Å². The molecule has 24 heavy (non-hydrogen) atoms. The monoisotopic (exact) mass is 396 g/mol. The van der Waals surface area contributed by atoms with Crippen molar-refractivity contribution in [2.45, 2.75) is 44.9 Å². The average Bonchev–Trinajstić information content (AvgIpc) is 2.91. The summed E-state index contributed by atoms with van der Waals surface area (Å²) in [5.74, 6) is 0.203. The van der Waals surface area contributed by atoms with Gasteiger partial charge in [-0.25, -0.2) is 4.79 Å². The molecule has 6 heteroatoms. The summed E-state index contributed by atoms with van der Waals surface area (Å²) >= 11 is 3.54. The lowest BCUT2D eigenvalue weighted by atomic mass is 9.82. The minimum Gasteiger partial charge on any atom is -0.444 e. The Morgan fingerprint density at radius 3 is 2.75 bits per heavy atom. The Balaban J connectivity index is 2.01. The van der Waals surface area contributed by atoms with Crippen LogP contribution in [0, 0.1) is 5.92 Å². The van der Waals surface area contributed by atoms with E-state index in [-0.39, 0.29) is 30.7 Å². The third-order valence-electron chi connectivity index (χ3n) is 4.94. The SMILES string of the molecule is CN1c2ccc(Br)cc2[C@H]2[C@H](CCN2C(=O)OC(C)(C)C)[C@@H]1CO. The second-order valence-electron chi connectivity index (χ2n) is 7.64. The largest absolute Gasteiger partial charge is 0.444 e. The van der Waals surface area contributed by atoms with Crippen molar-refractivity contribution in [3.63, 3.8) is 0 Å². The number of benzene rings is 1. The molecular weight excluding hydrogens is 372 g/mol. The van der Waals surface area contributed by atoms with Crippen molar-refractivity contribution in [2.75, 3.05) is 25.1 Å². The van der Waals surface area contributed by atoms with Crippen LogP contribution in [0.1, 0.15) is 38.8 Å². The molecule has 2 aliphatic heterocycles. The number of ether oxygens (including phenoxy) is 1. The number of likely N-dealkylation sites (N-methyl/N-ethyl adjacent to an activating group) is 1. The van der Waals surface area contributed by atoms with Gasteiger partial charge in [0.25, 0.3) is 0 Å². The predicted molar refractivity (Wildman–Crippen MR) is 97.2 cm³/mol. The van der Waals surface area contributed by atoms with Gasteiger partial charge in [0, 0.05) is 29.7 Å². The highest BCUT2D eigenvalue weighted by atomic mass is 79.9. The molecule has 132 valence electrons. The molecule has 3 atom stereocenters. The van der Waals surface area contributed by atoms with Crippen molar-refractivity contribution in [3.05, 3.63) is 28.2 Å². The van der Waals surface area contributed by atoms with Gasteiger partial charge in [0.05, 0.1) is 18.7 Å². The molecule has 1 aromatic carbocycles. The Kier molecular flexibility index (Phi) is 4.55. The normalized spacial score (nSPS) is 26.2. The molecule has 0 spiro atoms. The van der Waals surface area contributed by atoms with Gasteiger partial charge in [-0.05, 0) is 51.0 Å². The Morgan fingerprint density at radius 2 is 2.12 bits per heavy atom. The number of rotatable bonds is 1. The lowest BCUT2D eigenvalue weighted by molar-refractivity contribution is 0.0187. The topological polar surface area (TPSA) is 53.0 Å². The molecule has 2 aliphatic rings. The first-order chi connectivity index (χ1) is 11.2. The molecule has 0 aliphatic carbocycles. The van der Waals surface area contributed by atoms with E-state index in [0.29, 0.717) is 6.54 Å². The molecule has 2 heterocycles. The third kappa shape index (κ3) is 3.02. The van der Waals surface area contributed by atoms with Crippen LogP contribution in [0.4, 0.5) is 10.5 Å². The highest BCUT2D eigenvalue weighted by Gasteiger charge is 2.48. The number of nitrogens with zero attached hydrogens (tertiary/aromatic N) is 2. The van der Waals surface area contributed by atoms with Gasteiger partial charge in [-0.3, -0.25) is 0 Å². The lowest BCUT2D eigenvalue weighted by Gasteiger charge is -2.44. The second-order valence-corrected chi connectivity index (χ2v) is 8.55. The summed E-state index contributed by atoms with van der Waals surface area (Å²) in [6.45, 7) is 6.38. The van der Waals surface area contributed by atoms with E-state index in [1.165, 1.54) is 0 Å². The zero-order valence-electron chi connectivity index (χ0n) is 14.6. The van der Waals surface area contributed by atoms with Crippen LogP contribution in [-0.2, 0) is 4.74 Å². The summed E-state index contributed by atoms with van der Waals surface area (Å²) < 4.78 is 6.60. The van der Waals surface area contributed by atoms with Crippen LogP contribution in [0.3, 0.4) is 0 Å². The summed E-state index contributed by atoms with van der Waals surface area (Å²) in [7, 11) is 2.01. The summed E-state index contributed by atoms with van der Waals surface area (Å²) in [5, 5.41) is 9.91. The number of aliphatic hydroxyl groups is 1. The Labute approximate surface area is 151 Å². The van der Waals surface area contributed by atoms with E-state index in [4.69, 9.17) is 4.74 Å². The fourth-order valence-electron chi connectivity index (χ4n) is 3.95. The van der Waals surface area contributed by atoms with Crippen LogP contribution < -0.4 is 4.90 Å². The van der Waals surface area contributed by atoms with E-state index in [1.807, 2.05) is 44.9 Å². The second kappa shape index (κ2) is 6.23. The number of carbonyl (C=O) groups excluding carboxylic acids is 1. The molecule has 0 unspecified atom stereocenters. The Hall–Kier alpha value is -1.27. The van der Waals surface area contributed by atoms with Gasteiger partial charge >= 0.3 is 6.09 Å². The van der Waals surface area contributed by atoms with Gasteiger partial charge < -0.3 is 19.6 Å². The average molecular weight is 397 g/mol. The molecule has 0 saturated carbocycles. The van der Waals surface area contributed by atoms with Crippen molar-refractivity contribution in [1.82, 2.24) is 4.90 Å². The first-order valence-corrected chi connectivity index (χ1v) is 9.15. The zero-order valence-corrected chi connectivity index (χ0v) is 16.2. The molecule has 1 saturated heterocycles. The number of anilines is 1. The first kappa shape index (κ1) is 17.5. The van der Waals surface area contributed by atoms with Crippen LogP contribution in [0.25, 0.3) is 0 Å². The lowest BCUT2D eigenvalue weighted by Crippen LogP contribution is -2.48. The molecule has 0 aromatic heterocycles. The number of aliphatic hydroxyl groups excluding tert-OH is 1. The zero-order chi connectivity index (χ0) is 17.6. The Bertz CT molecular complexity index is 644. The van der Waals surface area contributed by atoms with Crippen LogP contribution in [0.2, 0.25) is 0 Å². The highest BCUT2D eigenvalue weighted by Crippen LogP contribution is 2.49. The number of likely N-dealkylation sites (tertiary alicyclic amines) is 1. The molecule has 1 amide bonds. The van der Waals surface area contributed by atoms with Gasteiger partial charge in [-0.1, -0.05) is 15.9 Å². The van der Waals surface area contributed by atoms with Gasteiger partial charge in [0.15, 0.2) is 0 Å². The highest BCUT2D eigenvalue weighted by molar-refractivity contribution is 9.10. The van der Waals surface area contributed by atoms with Crippen LogP contribution >= 0.6 is 15.9 Å². The molecule has 0 radical (unpaired) electrons. The molecule has 3 rings (SSSR count). The maximum Gasteiger partial charge on any atom is 0.410 e. The first-order valence-electron chi connectivity index (χ1n) is 8.35. The van der Waals surface area contributed by atoms with Gasteiger partial charge in [0.2, 0.25) is 0 Å². The van der Waals surface area contributed by atoms with E-state index >= 15 is 0 Å². The molecule has 5 nitrogen and oxygen atoms in total. The van der Waals surface area contributed by atoms with Gasteiger partial charge in [-0.15, -0.1) is 0 Å². The summed E-state index contributed by atoms with van der Waals surface area (Å²) in [5.41, 5.74) is 1.66.